The number of carbonyl (C=O) groups is 1. The average molecular weight is 449 g/mol. The first-order valence-electron chi connectivity index (χ1n) is 11.7. The molecule has 31 heavy (non-hydrogen) atoms. The van der Waals surface area contributed by atoms with Crippen molar-refractivity contribution >= 4 is 21.8 Å². The molecule has 172 valence electrons. The highest BCUT2D eigenvalue weighted by molar-refractivity contribution is 7.90. The van der Waals surface area contributed by atoms with Gasteiger partial charge in [0.1, 0.15) is 0 Å². The predicted octanol–water partition coefficient (Wildman–Crippen LogP) is 3.28. The Morgan fingerprint density at radius 2 is 1.65 bits per heavy atom. The molecule has 0 aromatic heterocycles. The fourth-order valence-corrected chi connectivity index (χ4v) is 7.38. The van der Waals surface area contributed by atoms with Crippen LogP contribution in [0.5, 0.6) is 0 Å². The molecule has 0 atom stereocenters. The second kappa shape index (κ2) is 9.08. The number of amides is 1. The van der Waals surface area contributed by atoms with Crippen LogP contribution in [0.4, 0.5) is 5.69 Å². The average Bonchev–Trinajstić information content (AvgIpc) is 2.74. The molecule has 1 saturated heterocycles. The summed E-state index contributed by atoms with van der Waals surface area (Å²) >= 11 is 0. The largest absolute Gasteiger partial charge is 0.321 e. The van der Waals surface area contributed by atoms with Crippen molar-refractivity contribution in [2.24, 2.45) is 11.8 Å². The van der Waals surface area contributed by atoms with Crippen molar-refractivity contribution in [3.8, 4) is 0 Å². The Balaban J connectivity index is 1.47. The highest BCUT2D eigenvalue weighted by atomic mass is 32.2. The first-order valence-corrected chi connectivity index (χ1v) is 13.1. The van der Waals surface area contributed by atoms with Crippen LogP contribution in [0.15, 0.2) is 24.3 Å². The molecule has 2 heterocycles. The minimum atomic E-state index is -3.82. The van der Waals surface area contributed by atoms with E-state index in [1.165, 1.54) is 32.6 Å². The van der Waals surface area contributed by atoms with Crippen LogP contribution in [0.1, 0.15) is 64.9 Å². The van der Waals surface area contributed by atoms with Gasteiger partial charge < -0.3 is 4.90 Å². The lowest BCUT2D eigenvalue weighted by molar-refractivity contribution is -0.122. The smallest absolute Gasteiger partial charge is 0.300 e. The molecule has 0 radical (unpaired) electrons. The molecule has 7 nitrogen and oxygen atoms in total. The van der Waals surface area contributed by atoms with Gasteiger partial charge in [0.2, 0.25) is 5.91 Å². The van der Waals surface area contributed by atoms with Gasteiger partial charge in [-0.1, -0.05) is 36.5 Å². The van der Waals surface area contributed by atoms with E-state index in [-0.39, 0.29) is 18.5 Å². The second-order valence-corrected chi connectivity index (χ2v) is 11.4. The van der Waals surface area contributed by atoms with Crippen molar-refractivity contribution in [1.29, 1.82) is 0 Å². The Bertz CT molecular complexity index is 888. The maximum Gasteiger partial charge on any atom is 0.321 e. The van der Waals surface area contributed by atoms with Crippen molar-refractivity contribution in [1.82, 2.24) is 14.7 Å². The van der Waals surface area contributed by atoms with Crippen LogP contribution in [0.2, 0.25) is 0 Å². The summed E-state index contributed by atoms with van der Waals surface area (Å²) in [5.74, 6) is 1.24. The number of hydrogen-bond donors (Lipinski definition) is 1. The summed E-state index contributed by atoms with van der Waals surface area (Å²) in [5.41, 5.74) is 4.18. The van der Waals surface area contributed by atoms with Gasteiger partial charge in [0.05, 0.1) is 12.2 Å². The van der Waals surface area contributed by atoms with Crippen molar-refractivity contribution in [3.05, 3.63) is 29.8 Å². The number of rotatable bonds is 4. The molecule has 1 N–H and O–H groups in total. The van der Waals surface area contributed by atoms with Gasteiger partial charge in [0.15, 0.2) is 0 Å². The van der Waals surface area contributed by atoms with Gasteiger partial charge in [-0.05, 0) is 62.0 Å². The van der Waals surface area contributed by atoms with Gasteiger partial charge in [0.25, 0.3) is 0 Å². The van der Waals surface area contributed by atoms with E-state index in [1.807, 2.05) is 24.3 Å². The molecule has 3 aliphatic rings. The first-order chi connectivity index (χ1) is 14.8. The molecule has 1 amide bonds. The fraction of sp³-hybridized carbons (Fsp3) is 0.696. The quantitative estimate of drug-likeness (QED) is 0.767. The third-order valence-corrected chi connectivity index (χ3v) is 9.15. The predicted molar refractivity (Wildman–Crippen MR) is 122 cm³/mol. The van der Waals surface area contributed by atoms with E-state index in [0.29, 0.717) is 6.04 Å². The Labute approximate surface area is 186 Å². The number of fused-ring (bicyclic) bond motifs is 1. The lowest BCUT2D eigenvalue weighted by atomic mass is 9.79. The molecule has 0 spiro atoms. The Kier molecular flexibility index (Phi) is 6.60. The Hall–Kier alpha value is -1.64. The minimum absolute atomic E-state index is 0.0917. The van der Waals surface area contributed by atoms with Gasteiger partial charge in [-0.3, -0.25) is 14.5 Å². The summed E-state index contributed by atoms with van der Waals surface area (Å²) in [6.07, 6.45) is 6.75. The molecule has 1 aromatic rings. The Morgan fingerprint density at radius 1 is 1.00 bits per heavy atom. The van der Waals surface area contributed by atoms with Crippen LogP contribution >= 0.6 is 0 Å². The van der Waals surface area contributed by atoms with E-state index in [9.17, 15) is 13.2 Å². The fourth-order valence-electron chi connectivity index (χ4n) is 5.60. The highest BCUT2D eigenvalue weighted by Crippen LogP contribution is 2.37. The number of para-hydroxylation sites is 1. The molecule has 4 rings (SSSR count). The number of anilines is 1. The van der Waals surface area contributed by atoms with Gasteiger partial charge in [-0.15, -0.1) is 0 Å². The lowest BCUT2D eigenvalue weighted by Gasteiger charge is -2.46. The van der Waals surface area contributed by atoms with Gasteiger partial charge in [-0.25, -0.2) is 0 Å². The Morgan fingerprint density at radius 3 is 2.26 bits per heavy atom. The van der Waals surface area contributed by atoms with Crippen molar-refractivity contribution in [3.63, 3.8) is 0 Å². The van der Waals surface area contributed by atoms with Crippen LogP contribution in [-0.2, 0) is 21.5 Å². The summed E-state index contributed by atoms with van der Waals surface area (Å²) in [6.45, 7) is 8.01. The molecular formula is C23H36N4O3S. The number of carbonyl (C=O) groups excluding carboxylic acids is 1. The van der Waals surface area contributed by atoms with Gasteiger partial charge >= 0.3 is 10.2 Å². The number of hydrogen-bond acceptors (Lipinski definition) is 4. The monoisotopic (exact) mass is 448 g/mol. The maximum absolute atomic E-state index is 13.4. The summed E-state index contributed by atoms with van der Waals surface area (Å²) in [7, 11) is -3.82. The number of hydrazine groups is 1. The van der Waals surface area contributed by atoms with Crippen LogP contribution in [0.3, 0.4) is 0 Å². The summed E-state index contributed by atoms with van der Waals surface area (Å²) in [4.78, 5) is 14.2. The number of benzene rings is 1. The molecule has 1 aliphatic carbocycles. The minimum Gasteiger partial charge on any atom is -0.300 e. The zero-order valence-corrected chi connectivity index (χ0v) is 19.8. The van der Waals surface area contributed by atoms with Gasteiger partial charge in [0, 0.05) is 32.1 Å². The van der Waals surface area contributed by atoms with Crippen molar-refractivity contribution in [2.75, 3.05) is 17.4 Å². The zero-order chi connectivity index (χ0) is 22.2. The summed E-state index contributed by atoms with van der Waals surface area (Å²) < 4.78 is 29.5. The lowest BCUT2D eigenvalue weighted by Crippen LogP contribution is -2.59. The highest BCUT2D eigenvalue weighted by Gasteiger charge is 2.42. The summed E-state index contributed by atoms with van der Waals surface area (Å²) in [6, 6.07) is 8.17. The standard InChI is InChI=1S/C23H36N4O3S/c1-17(2)19-8-10-21(11-9-19)25-14-12-22(13-15-25)27-23-7-5-4-6-20(23)16-26(24-18(3)28)31(27,29)30/h4-7,17,19,21-22H,8-16H2,1-3H3,(H,24,28). The van der Waals surface area contributed by atoms with E-state index in [2.05, 4.69) is 24.2 Å². The molecule has 2 aliphatic heterocycles. The second-order valence-electron chi connectivity index (χ2n) is 9.69. The third-order valence-electron chi connectivity index (χ3n) is 7.38. The van der Waals surface area contributed by atoms with E-state index in [0.717, 1.165) is 53.4 Å². The van der Waals surface area contributed by atoms with Crippen molar-refractivity contribution in [2.45, 2.75) is 77.9 Å². The number of nitrogens with one attached hydrogen (secondary N) is 1. The summed E-state index contributed by atoms with van der Waals surface area (Å²) in [5, 5.41) is 0. The first kappa shape index (κ1) is 22.6. The maximum atomic E-state index is 13.4. The topological polar surface area (TPSA) is 73.0 Å². The normalized spacial score (nSPS) is 27.8. The zero-order valence-electron chi connectivity index (χ0n) is 19.0. The van der Waals surface area contributed by atoms with Crippen LogP contribution < -0.4 is 9.73 Å². The SMILES string of the molecule is CC(=O)NN1Cc2ccccc2N(C2CCN(C3CCC(C(C)C)CC3)CC2)S1(=O)=O. The van der Waals surface area contributed by atoms with Crippen molar-refractivity contribution < 1.29 is 13.2 Å². The van der Waals surface area contributed by atoms with Crippen LogP contribution in [0.25, 0.3) is 0 Å². The molecule has 1 aromatic carbocycles. The number of likely N-dealkylation sites (tertiary alicyclic amines) is 1. The molecule has 0 bridgehead atoms. The molecular weight excluding hydrogens is 412 g/mol. The molecule has 8 heteroatoms. The number of piperidine rings is 1. The molecule has 0 unspecified atom stereocenters. The van der Waals surface area contributed by atoms with Gasteiger partial charge in [-0.2, -0.15) is 8.42 Å². The number of nitrogens with zero attached hydrogens (tertiary/aromatic N) is 3. The van der Waals surface area contributed by atoms with Crippen LogP contribution in [-0.4, -0.2) is 48.8 Å². The molecule has 1 saturated carbocycles. The third kappa shape index (κ3) is 4.61. The molecule has 2 fully saturated rings. The van der Waals surface area contributed by atoms with E-state index >= 15 is 0 Å². The van der Waals surface area contributed by atoms with E-state index in [4.69, 9.17) is 0 Å². The van der Waals surface area contributed by atoms with E-state index in [1.54, 1.807) is 4.31 Å². The van der Waals surface area contributed by atoms with E-state index < -0.39 is 10.2 Å². The van der Waals surface area contributed by atoms with Crippen LogP contribution in [0, 0.1) is 11.8 Å².